The second-order valence-electron chi connectivity index (χ2n) is 3.65. The van der Waals surface area contributed by atoms with Crippen LogP contribution in [0.2, 0.25) is 0 Å². The molecule has 1 heterocycles. The Bertz CT molecular complexity index is 458. The zero-order valence-electron chi connectivity index (χ0n) is 9.34. The van der Waals surface area contributed by atoms with Gasteiger partial charge in [0.15, 0.2) is 5.13 Å². The zero-order valence-corrected chi connectivity index (χ0v) is 11.7. The van der Waals surface area contributed by atoms with Gasteiger partial charge < -0.3 is 10.6 Å². The summed E-state index contributed by atoms with van der Waals surface area (Å²) in [5.74, 6) is 0. The molecule has 0 aliphatic heterocycles. The van der Waals surface area contributed by atoms with Crippen LogP contribution in [0.15, 0.2) is 40.3 Å². The van der Waals surface area contributed by atoms with Gasteiger partial charge >= 0.3 is 0 Å². The molecule has 0 bridgehead atoms. The number of anilines is 1. The first-order chi connectivity index (χ1) is 8.29. The minimum absolute atomic E-state index is 0.629. The Morgan fingerprint density at radius 3 is 2.65 bits per heavy atom. The molecule has 5 heteroatoms. The van der Waals surface area contributed by atoms with Crippen molar-refractivity contribution in [1.29, 1.82) is 0 Å². The van der Waals surface area contributed by atoms with Crippen molar-refractivity contribution in [3.05, 3.63) is 45.9 Å². The number of nitrogens with two attached hydrogens (primary N) is 1. The smallest absolute Gasteiger partial charge is 0.186 e. The highest BCUT2D eigenvalue weighted by Gasteiger charge is 2.10. The van der Waals surface area contributed by atoms with Gasteiger partial charge in [0.1, 0.15) is 4.60 Å². The molecule has 17 heavy (non-hydrogen) atoms. The van der Waals surface area contributed by atoms with E-state index in [1.165, 1.54) is 5.56 Å². The number of nitrogens with zero attached hydrogens (tertiary/aromatic N) is 2. The number of rotatable bonds is 5. The molecule has 1 aromatic carbocycles. The summed E-state index contributed by atoms with van der Waals surface area (Å²) in [5, 5.41) is 3.00. The van der Waals surface area contributed by atoms with Gasteiger partial charge in [0, 0.05) is 25.0 Å². The number of hydrogen-bond donors (Lipinski definition) is 1. The lowest BCUT2D eigenvalue weighted by Gasteiger charge is -2.20. The zero-order chi connectivity index (χ0) is 12.1. The predicted octanol–water partition coefficient (Wildman–Crippen LogP) is 2.87. The topological polar surface area (TPSA) is 42.1 Å². The summed E-state index contributed by atoms with van der Waals surface area (Å²) in [6.45, 7) is 2.29. The highest BCUT2D eigenvalue weighted by molar-refractivity contribution is 9.10. The lowest BCUT2D eigenvalue weighted by Crippen LogP contribution is -2.28. The molecular formula is C12H14BrN3S. The molecule has 2 aromatic rings. The van der Waals surface area contributed by atoms with Crippen molar-refractivity contribution in [3.8, 4) is 0 Å². The molecular weight excluding hydrogens is 298 g/mol. The van der Waals surface area contributed by atoms with E-state index in [2.05, 4.69) is 37.9 Å². The fraction of sp³-hybridized carbons (Fsp3) is 0.250. The van der Waals surface area contributed by atoms with Crippen LogP contribution in [0.1, 0.15) is 5.56 Å². The van der Waals surface area contributed by atoms with Gasteiger partial charge in [0.2, 0.25) is 0 Å². The monoisotopic (exact) mass is 311 g/mol. The second kappa shape index (κ2) is 6.14. The molecule has 0 fully saturated rings. The Kier molecular flexibility index (Phi) is 4.53. The molecule has 0 aliphatic rings. The van der Waals surface area contributed by atoms with Crippen molar-refractivity contribution in [3.63, 3.8) is 0 Å². The highest BCUT2D eigenvalue weighted by atomic mass is 79.9. The molecule has 2 N–H and O–H groups in total. The third-order valence-electron chi connectivity index (χ3n) is 2.35. The highest BCUT2D eigenvalue weighted by Crippen LogP contribution is 2.24. The minimum Gasteiger partial charge on any atom is -0.342 e. The number of halogens is 1. The standard InChI is InChI=1S/C12H14BrN3S/c13-11-9-17-12(15-11)16(7-6-14)8-10-4-2-1-3-5-10/h1-5,9H,6-8,14H2. The molecule has 0 spiro atoms. The molecule has 0 amide bonds. The van der Waals surface area contributed by atoms with Crippen LogP contribution in [0.3, 0.4) is 0 Å². The van der Waals surface area contributed by atoms with Crippen LogP contribution in [0.4, 0.5) is 5.13 Å². The maximum Gasteiger partial charge on any atom is 0.186 e. The van der Waals surface area contributed by atoms with E-state index in [0.717, 1.165) is 22.8 Å². The maximum atomic E-state index is 5.65. The van der Waals surface area contributed by atoms with Gasteiger partial charge in [-0.25, -0.2) is 4.98 Å². The molecule has 0 unspecified atom stereocenters. The van der Waals surface area contributed by atoms with Gasteiger partial charge in [0.25, 0.3) is 0 Å². The van der Waals surface area contributed by atoms with Crippen LogP contribution in [0.25, 0.3) is 0 Å². The summed E-state index contributed by atoms with van der Waals surface area (Å²) in [6, 6.07) is 10.4. The maximum absolute atomic E-state index is 5.65. The van der Waals surface area contributed by atoms with E-state index in [9.17, 15) is 0 Å². The third-order valence-corrected chi connectivity index (χ3v) is 3.96. The first-order valence-corrected chi connectivity index (χ1v) is 7.07. The van der Waals surface area contributed by atoms with Crippen molar-refractivity contribution in [2.75, 3.05) is 18.0 Å². The number of hydrogen-bond acceptors (Lipinski definition) is 4. The van der Waals surface area contributed by atoms with E-state index in [0.29, 0.717) is 6.54 Å². The van der Waals surface area contributed by atoms with E-state index in [1.807, 2.05) is 23.6 Å². The lowest BCUT2D eigenvalue weighted by atomic mass is 10.2. The van der Waals surface area contributed by atoms with Crippen LogP contribution in [-0.2, 0) is 6.54 Å². The van der Waals surface area contributed by atoms with Crippen molar-refractivity contribution >= 4 is 32.4 Å². The van der Waals surface area contributed by atoms with Crippen LogP contribution < -0.4 is 10.6 Å². The van der Waals surface area contributed by atoms with Crippen LogP contribution >= 0.6 is 27.3 Å². The molecule has 3 nitrogen and oxygen atoms in total. The Balaban J connectivity index is 2.13. The molecule has 1 aromatic heterocycles. The van der Waals surface area contributed by atoms with Gasteiger partial charge in [-0.2, -0.15) is 0 Å². The van der Waals surface area contributed by atoms with Crippen LogP contribution in [0.5, 0.6) is 0 Å². The summed E-state index contributed by atoms with van der Waals surface area (Å²) in [4.78, 5) is 6.63. The summed E-state index contributed by atoms with van der Waals surface area (Å²) < 4.78 is 0.882. The Morgan fingerprint density at radius 1 is 1.29 bits per heavy atom. The number of thiazole rings is 1. The van der Waals surface area contributed by atoms with Gasteiger partial charge in [0.05, 0.1) is 0 Å². The first-order valence-electron chi connectivity index (χ1n) is 5.39. The summed E-state index contributed by atoms with van der Waals surface area (Å²) in [7, 11) is 0. The first kappa shape index (κ1) is 12.5. The normalized spacial score (nSPS) is 10.5. The fourth-order valence-corrected chi connectivity index (χ4v) is 2.87. The molecule has 0 saturated heterocycles. The van der Waals surface area contributed by atoms with Crippen LogP contribution in [0, 0.1) is 0 Å². The SMILES string of the molecule is NCCN(Cc1ccccc1)c1nc(Br)cs1. The van der Waals surface area contributed by atoms with Crippen molar-refractivity contribution in [2.24, 2.45) is 5.73 Å². The second-order valence-corrected chi connectivity index (χ2v) is 5.30. The molecule has 90 valence electrons. The van der Waals surface area contributed by atoms with Gasteiger partial charge in [-0.15, -0.1) is 11.3 Å². The van der Waals surface area contributed by atoms with Gasteiger partial charge in [-0.05, 0) is 21.5 Å². The Morgan fingerprint density at radius 2 is 2.06 bits per heavy atom. The average Bonchev–Trinajstić information content (AvgIpc) is 2.77. The predicted molar refractivity (Wildman–Crippen MR) is 76.4 cm³/mol. The number of benzene rings is 1. The Labute approximate surface area is 113 Å². The summed E-state index contributed by atoms with van der Waals surface area (Å²) in [6.07, 6.45) is 0. The number of aromatic nitrogens is 1. The summed E-state index contributed by atoms with van der Waals surface area (Å²) >= 11 is 5.01. The van der Waals surface area contributed by atoms with Crippen molar-refractivity contribution < 1.29 is 0 Å². The molecule has 2 rings (SSSR count). The van der Waals surface area contributed by atoms with Crippen molar-refractivity contribution in [2.45, 2.75) is 6.54 Å². The van der Waals surface area contributed by atoms with E-state index in [1.54, 1.807) is 11.3 Å². The average molecular weight is 312 g/mol. The summed E-state index contributed by atoms with van der Waals surface area (Å²) in [5.41, 5.74) is 6.92. The quantitative estimate of drug-likeness (QED) is 0.923. The van der Waals surface area contributed by atoms with E-state index >= 15 is 0 Å². The largest absolute Gasteiger partial charge is 0.342 e. The Hall–Kier alpha value is -0.910. The van der Waals surface area contributed by atoms with Gasteiger partial charge in [-0.1, -0.05) is 30.3 Å². The van der Waals surface area contributed by atoms with E-state index in [4.69, 9.17) is 5.73 Å². The van der Waals surface area contributed by atoms with E-state index in [-0.39, 0.29) is 0 Å². The fourth-order valence-electron chi connectivity index (χ4n) is 1.59. The molecule has 0 radical (unpaired) electrons. The lowest BCUT2D eigenvalue weighted by molar-refractivity contribution is 0.785. The third kappa shape index (κ3) is 3.52. The van der Waals surface area contributed by atoms with Crippen molar-refractivity contribution in [1.82, 2.24) is 4.98 Å². The molecule has 0 atom stereocenters. The van der Waals surface area contributed by atoms with Gasteiger partial charge in [-0.3, -0.25) is 0 Å². The molecule has 0 saturated carbocycles. The molecule has 0 aliphatic carbocycles. The minimum atomic E-state index is 0.629. The van der Waals surface area contributed by atoms with Crippen LogP contribution in [-0.4, -0.2) is 18.1 Å². The van der Waals surface area contributed by atoms with E-state index < -0.39 is 0 Å².